The summed E-state index contributed by atoms with van der Waals surface area (Å²) in [6, 6.07) is 19.2. The summed E-state index contributed by atoms with van der Waals surface area (Å²) < 4.78 is 10.7. The van der Waals surface area contributed by atoms with Crippen molar-refractivity contribution >= 4 is 18.0 Å². The number of alkyl carbamates (subject to hydrolysis) is 1. The molecular formula is C26H24N2O6. The van der Waals surface area contributed by atoms with Gasteiger partial charge in [0.2, 0.25) is 11.7 Å². The summed E-state index contributed by atoms with van der Waals surface area (Å²) in [5, 5.41) is 14.4. The van der Waals surface area contributed by atoms with Gasteiger partial charge in [-0.2, -0.15) is 0 Å². The van der Waals surface area contributed by atoms with Crippen LogP contribution in [0.1, 0.15) is 39.8 Å². The lowest BCUT2D eigenvalue weighted by atomic mass is 9.98. The van der Waals surface area contributed by atoms with Gasteiger partial charge in [0.05, 0.1) is 6.54 Å². The number of hydrogen-bond acceptors (Lipinski definition) is 5. The summed E-state index contributed by atoms with van der Waals surface area (Å²) in [7, 11) is 0. The highest BCUT2D eigenvalue weighted by Gasteiger charge is 2.43. The first-order chi connectivity index (χ1) is 16.5. The highest BCUT2D eigenvalue weighted by Crippen LogP contribution is 2.44. The number of benzene rings is 2. The van der Waals surface area contributed by atoms with Crippen molar-refractivity contribution in [3.63, 3.8) is 0 Å². The fraction of sp³-hybridized carbons (Fsp3) is 0.269. The molecule has 2 aliphatic rings. The zero-order chi connectivity index (χ0) is 23.7. The van der Waals surface area contributed by atoms with E-state index in [9.17, 15) is 14.4 Å². The zero-order valence-electron chi connectivity index (χ0n) is 18.3. The minimum Gasteiger partial charge on any atom is -0.475 e. The van der Waals surface area contributed by atoms with Gasteiger partial charge in [-0.15, -0.1) is 0 Å². The molecule has 0 aliphatic heterocycles. The van der Waals surface area contributed by atoms with Crippen LogP contribution in [0, 0.1) is 11.8 Å². The van der Waals surface area contributed by atoms with E-state index in [2.05, 4.69) is 34.9 Å². The molecule has 3 aromatic rings. The molecule has 174 valence electrons. The number of carbonyl (C=O) groups is 3. The number of ether oxygens (including phenoxy) is 1. The second kappa shape index (κ2) is 9.05. The van der Waals surface area contributed by atoms with Crippen LogP contribution in [0.25, 0.3) is 11.1 Å². The summed E-state index contributed by atoms with van der Waals surface area (Å²) in [4.78, 5) is 35.4. The van der Waals surface area contributed by atoms with E-state index in [1.807, 2.05) is 24.3 Å². The molecule has 2 aromatic carbocycles. The lowest BCUT2D eigenvalue weighted by Gasteiger charge is -2.14. The molecule has 1 saturated carbocycles. The van der Waals surface area contributed by atoms with Gasteiger partial charge in [-0.25, -0.2) is 9.59 Å². The Labute approximate surface area is 195 Å². The minimum absolute atomic E-state index is 0.000782. The lowest BCUT2D eigenvalue weighted by molar-refractivity contribution is -0.122. The summed E-state index contributed by atoms with van der Waals surface area (Å²) in [5.74, 6) is -1.23. The molecule has 2 atom stereocenters. The monoisotopic (exact) mass is 460 g/mol. The minimum atomic E-state index is -1.15. The van der Waals surface area contributed by atoms with Crippen molar-refractivity contribution in [2.75, 3.05) is 13.2 Å². The van der Waals surface area contributed by atoms with Gasteiger partial charge >= 0.3 is 12.1 Å². The molecule has 0 radical (unpaired) electrons. The van der Waals surface area contributed by atoms with Crippen LogP contribution in [-0.2, 0) is 16.1 Å². The molecule has 8 heteroatoms. The fourth-order valence-corrected chi connectivity index (χ4v) is 4.55. The molecule has 1 heterocycles. The number of carboxylic acid groups (broad SMARTS) is 1. The maximum atomic E-state index is 12.3. The molecule has 0 spiro atoms. The van der Waals surface area contributed by atoms with Crippen molar-refractivity contribution in [2.45, 2.75) is 18.9 Å². The number of carboxylic acids is 1. The predicted octanol–water partition coefficient (Wildman–Crippen LogP) is 3.77. The Hall–Kier alpha value is -4.07. The highest BCUT2D eigenvalue weighted by atomic mass is 16.5. The van der Waals surface area contributed by atoms with E-state index in [-0.39, 0.29) is 42.6 Å². The van der Waals surface area contributed by atoms with Crippen LogP contribution in [-0.4, -0.2) is 36.2 Å². The Morgan fingerprint density at radius 3 is 2.26 bits per heavy atom. The lowest BCUT2D eigenvalue weighted by Crippen LogP contribution is -2.30. The zero-order valence-corrected chi connectivity index (χ0v) is 18.3. The van der Waals surface area contributed by atoms with Crippen molar-refractivity contribution in [2.24, 2.45) is 11.8 Å². The Morgan fingerprint density at radius 1 is 0.941 bits per heavy atom. The fourth-order valence-electron chi connectivity index (χ4n) is 4.55. The van der Waals surface area contributed by atoms with Gasteiger partial charge < -0.3 is 24.9 Å². The summed E-state index contributed by atoms with van der Waals surface area (Å²) in [6.07, 6.45) is 0.179. The SMILES string of the molecule is O=C(NC[C@H]1C[C@H]1C(=O)NCc1ccc(C(=O)O)o1)OCC1c2ccccc2-c2ccccc21. The molecule has 5 rings (SSSR count). The second-order valence-corrected chi connectivity index (χ2v) is 8.60. The van der Waals surface area contributed by atoms with E-state index in [0.29, 0.717) is 18.7 Å². The van der Waals surface area contributed by atoms with Gasteiger partial charge in [-0.3, -0.25) is 4.79 Å². The summed E-state index contributed by atoms with van der Waals surface area (Å²) in [5.41, 5.74) is 4.66. The molecular weight excluding hydrogens is 436 g/mol. The highest BCUT2D eigenvalue weighted by molar-refractivity contribution is 5.84. The predicted molar refractivity (Wildman–Crippen MR) is 122 cm³/mol. The molecule has 0 unspecified atom stereocenters. The largest absolute Gasteiger partial charge is 0.475 e. The van der Waals surface area contributed by atoms with Crippen LogP contribution in [0.15, 0.2) is 65.1 Å². The number of furan rings is 1. The van der Waals surface area contributed by atoms with E-state index in [1.54, 1.807) is 0 Å². The van der Waals surface area contributed by atoms with Gasteiger partial charge in [-0.05, 0) is 46.7 Å². The van der Waals surface area contributed by atoms with Crippen LogP contribution < -0.4 is 10.6 Å². The Bertz CT molecular complexity index is 1200. The first kappa shape index (κ1) is 21.8. The molecule has 2 amide bonds. The Kier molecular flexibility index (Phi) is 5.79. The first-order valence-electron chi connectivity index (χ1n) is 11.2. The van der Waals surface area contributed by atoms with E-state index in [0.717, 1.165) is 11.1 Å². The van der Waals surface area contributed by atoms with Gasteiger partial charge in [0.1, 0.15) is 12.4 Å². The van der Waals surface area contributed by atoms with Crippen molar-refractivity contribution < 1.29 is 28.6 Å². The Morgan fingerprint density at radius 2 is 1.62 bits per heavy atom. The van der Waals surface area contributed by atoms with Crippen molar-refractivity contribution in [3.05, 3.63) is 83.3 Å². The molecule has 2 aliphatic carbocycles. The van der Waals surface area contributed by atoms with Crippen LogP contribution in [0.5, 0.6) is 0 Å². The third-order valence-electron chi connectivity index (χ3n) is 6.42. The van der Waals surface area contributed by atoms with E-state index < -0.39 is 12.1 Å². The molecule has 34 heavy (non-hydrogen) atoms. The topological polar surface area (TPSA) is 118 Å². The van der Waals surface area contributed by atoms with Crippen molar-refractivity contribution in [1.82, 2.24) is 10.6 Å². The number of fused-ring (bicyclic) bond motifs is 3. The first-order valence-corrected chi connectivity index (χ1v) is 11.2. The van der Waals surface area contributed by atoms with Crippen molar-refractivity contribution in [1.29, 1.82) is 0 Å². The van der Waals surface area contributed by atoms with Crippen LogP contribution >= 0.6 is 0 Å². The third-order valence-corrected chi connectivity index (χ3v) is 6.42. The molecule has 1 aromatic heterocycles. The van der Waals surface area contributed by atoms with Crippen LogP contribution in [0.3, 0.4) is 0 Å². The number of amides is 2. The summed E-state index contributed by atoms with van der Waals surface area (Å²) >= 11 is 0. The number of aromatic carboxylic acids is 1. The van der Waals surface area contributed by atoms with E-state index >= 15 is 0 Å². The average Bonchev–Trinajstić information content (AvgIpc) is 3.34. The molecule has 8 nitrogen and oxygen atoms in total. The van der Waals surface area contributed by atoms with Crippen LogP contribution in [0.2, 0.25) is 0 Å². The number of carbonyl (C=O) groups excluding carboxylic acids is 2. The normalized spacial score (nSPS) is 18.0. The van der Waals surface area contributed by atoms with E-state index in [4.69, 9.17) is 14.3 Å². The van der Waals surface area contributed by atoms with Crippen LogP contribution in [0.4, 0.5) is 4.79 Å². The van der Waals surface area contributed by atoms with E-state index in [1.165, 1.54) is 23.3 Å². The second-order valence-electron chi connectivity index (χ2n) is 8.60. The molecule has 3 N–H and O–H groups in total. The maximum Gasteiger partial charge on any atom is 0.407 e. The van der Waals surface area contributed by atoms with Gasteiger partial charge in [0, 0.05) is 18.4 Å². The standard InChI is InChI=1S/C26H24N2O6/c29-24(27-13-16-9-10-23(34-16)25(30)31)21-11-15(21)12-28-26(32)33-14-22-19-7-3-1-5-17(19)18-6-2-4-8-20(18)22/h1-10,15,21-22H,11-14H2,(H,27,29)(H,28,32)(H,30,31)/t15-,21-/m1/s1. The smallest absolute Gasteiger partial charge is 0.407 e. The molecule has 0 saturated heterocycles. The van der Waals surface area contributed by atoms with Crippen molar-refractivity contribution in [3.8, 4) is 11.1 Å². The average molecular weight is 460 g/mol. The molecule has 0 bridgehead atoms. The van der Waals surface area contributed by atoms with Gasteiger partial charge in [0.15, 0.2) is 0 Å². The quantitative estimate of drug-likeness (QED) is 0.471. The number of nitrogens with one attached hydrogen (secondary N) is 2. The van der Waals surface area contributed by atoms with Gasteiger partial charge in [0.25, 0.3) is 0 Å². The maximum absolute atomic E-state index is 12.3. The Balaban J connectivity index is 1.06. The molecule has 1 fully saturated rings. The third kappa shape index (κ3) is 4.39. The van der Waals surface area contributed by atoms with Gasteiger partial charge in [-0.1, -0.05) is 48.5 Å². The summed E-state index contributed by atoms with van der Waals surface area (Å²) in [6.45, 7) is 0.726. The number of rotatable bonds is 8. The number of hydrogen-bond donors (Lipinski definition) is 3.